The van der Waals surface area contributed by atoms with Crippen LogP contribution in [-0.4, -0.2) is 44.1 Å². The third-order valence-electron chi connectivity index (χ3n) is 4.66. The minimum absolute atomic E-state index is 0.0157. The Balaban J connectivity index is 1.57. The Labute approximate surface area is 166 Å². The number of aryl methyl sites for hydroxylation is 2. The lowest BCUT2D eigenvalue weighted by Gasteiger charge is -2.33. The van der Waals surface area contributed by atoms with Crippen LogP contribution in [0.15, 0.2) is 22.3 Å². The molecule has 0 radical (unpaired) electrons. The van der Waals surface area contributed by atoms with Crippen molar-refractivity contribution >= 4 is 28.2 Å². The van der Waals surface area contributed by atoms with Gasteiger partial charge in [0.1, 0.15) is 17.2 Å². The van der Waals surface area contributed by atoms with E-state index in [4.69, 9.17) is 4.52 Å². The molecule has 9 nitrogen and oxygen atoms in total. The van der Waals surface area contributed by atoms with Gasteiger partial charge in [0, 0.05) is 37.3 Å². The summed E-state index contributed by atoms with van der Waals surface area (Å²) < 4.78 is 5.40. The second kappa shape index (κ2) is 8.01. The highest BCUT2D eigenvalue weighted by Crippen LogP contribution is 2.31. The number of anilines is 2. The van der Waals surface area contributed by atoms with Gasteiger partial charge in [-0.25, -0.2) is 15.0 Å². The molecule has 1 amide bonds. The van der Waals surface area contributed by atoms with E-state index in [1.165, 1.54) is 11.3 Å². The Morgan fingerprint density at radius 3 is 3.04 bits per heavy atom. The van der Waals surface area contributed by atoms with Crippen LogP contribution in [0.25, 0.3) is 11.5 Å². The number of amides is 1. The summed E-state index contributed by atoms with van der Waals surface area (Å²) in [7, 11) is 0. The predicted octanol–water partition coefficient (Wildman–Crippen LogP) is 2.71. The van der Waals surface area contributed by atoms with E-state index in [0.29, 0.717) is 41.2 Å². The van der Waals surface area contributed by atoms with Gasteiger partial charge >= 0.3 is 0 Å². The van der Waals surface area contributed by atoms with Crippen molar-refractivity contribution < 1.29 is 9.32 Å². The molecule has 0 spiro atoms. The van der Waals surface area contributed by atoms with Crippen molar-refractivity contribution in [2.45, 2.75) is 33.1 Å². The molecule has 146 valence electrons. The average Bonchev–Trinajstić information content (AvgIpc) is 3.40. The van der Waals surface area contributed by atoms with Crippen molar-refractivity contribution in [3.05, 3.63) is 29.4 Å². The normalized spacial score (nSPS) is 16.9. The number of aromatic nitrogens is 5. The maximum absolute atomic E-state index is 12.7. The van der Waals surface area contributed by atoms with E-state index < -0.39 is 0 Å². The van der Waals surface area contributed by atoms with E-state index in [2.05, 4.69) is 35.3 Å². The fourth-order valence-corrected chi connectivity index (χ4v) is 3.76. The van der Waals surface area contributed by atoms with Gasteiger partial charge in [-0.05, 0) is 19.8 Å². The number of carbonyl (C=O) groups is 1. The highest BCUT2D eigenvalue weighted by atomic mass is 32.1. The standard InChI is InChI=1S/C18H21N7O2S/c1-3-14-22-17(27-24-14)13-9-20-11(2)21-15(13)25-7-4-5-12(10-25)16(26)23-18-19-6-8-28-18/h6,8-9,12H,3-5,7,10H2,1-2H3,(H,19,23,26). The molecule has 1 saturated heterocycles. The molecule has 0 aromatic carbocycles. The number of rotatable bonds is 5. The molecule has 1 aliphatic heterocycles. The van der Waals surface area contributed by atoms with Crippen LogP contribution < -0.4 is 10.2 Å². The maximum atomic E-state index is 12.7. The Hall–Kier alpha value is -2.88. The molecule has 0 aliphatic carbocycles. The van der Waals surface area contributed by atoms with Gasteiger partial charge < -0.3 is 14.7 Å². The second-order valence-electron chi connectivity index (χ2n) is 6.64. The van der Waals surface area contributed by atoms with E-state index in [-0.39, 0.29) is 11.8 Å². The molecule has 0 bridgehead atoms. The molecule has 3 aromatic heterocycles. The Bertz CT molecular complexity index is 957. The van der Waals surface area contributed by atoms with Crippen LogP contribution in [0.1, 0.15) is 31.4 Å². The van der Waals surface area contributed by atoms with Gasteiger partial charge in [-0.2, -0.15) is 4.98 Å². The lowest BCUT2D eigenvalue weighted by Crippen LogP contribution is -2.41. The van der Waals surface area contributed by atoms with Crippen LogP contribution in [0.4, 0.5) is 10.9 Å². The minimum atomic E-state index is -0.144. The average molecular weight is 399 g/mol. The summed E-state index contributed by atoms with van der Waals surface area (Å²) in [6.07, 6.45) is 5.80. The van der Waals surface area contributed by atoms with Crippen molar-refractivity contribution in [1.82, 2.24) is 25.1 Å². The SMILES string of the molecule is CCc1noc(-c2cnc(C)nc2N2CCCC(C(=O)Nc3nccs3)C2)n1. The molecule has 1 aliphatic rings. The fraction of sp³-hybridized carbons (Fsp3) is 0.444. The van der Waals surface area contributed by atoms with Crippen LogP contribution >= 0.6 is 11.3 Å². The number of thiazole rings is 1. The summed E-state index contributed by atoms with van der Waals surface area (Å²) in [4.78, 5) is 32.2. The zero-order valence-electron chi connectivity index (χ0n) is 15.8. The predicted molar refractivity (Wildman–Crippen MR) is 105 cm³/mol. The quantitative estimate of drug-likeness (QED) is 0.697. The summed E-state index contributed by atoms with van der Waals surface area (Å²) in [5, 5.41) is 9.34. The summed E-state index contributed by atoms with van der Waals surface area (Å²) >= 11 is 1.41. The van der Waals surface area contributed by atoms with Crippen molar-refractivity contribution in [1.29, 1.82) is 0 Å². The minimum Gasteiger partial charge on any atom is -0.355 e. The van der Waals surface area contributed by atoms with Gasteiger partial charge in [-0.15, -0.1) is 11.3 Å². The molecule has 4 rings (SSSR count). The maximum Gasteiger partial charge on any atom is 0.263 e. The molecular weight excluding hydrogens is 378 g/mol. The van der Waals surface area contributed by atoms with Gasteiger partial charge in [0.05, 0.1) is 5.92 Å². The molecule has 4 heterocycles. The van der Waals surface area contributed by atoms with Crippen LogP contribution in [0, 0.1) is 12.8 Å². The van der Waals surface area contributed by atoms with Gasteiger partial charge in [0.2, 0.25) is 5.91 Å². The van der Waals surface area contributed by atoms with Crippen LogP contribution in [-0.2, 0) is 11.2 Å². The third kappa shape index (κ3) is 3.86. The first-order valence-corrected chi connectivity index (χ1v) is 10.1. The molecule has 28 heavy (non-hydrogen) atoms. The van der Waals surface area contributed by atoms with E-state index in [1.807, 2.05) is 19.2 Å². The number of hydrogen-bond acceptors (Lipinski definition) is 9. The first-order chi connectivity index (χ1) is 13.6. The van der Waals surface area contributed by atoms with E-state index in [9.17, 15) is 4.79 Å². The zero-order valence-corrected chi connectivity index (χ0v) is 16.6. The second-order valence-corrected chi connectivity index (χ2v) is 7.53. The summed E-state index contributed by atoms with van der Waals surface area (Å²) in [5.74, 6) is 2.27. The zero-order chi connectivity index (χ0) is 19.5. The Morgan fingerprint density at radius 2 is 2.29 bits per heavy atom. The first kappa shape index (κ1) is 18.5. The van der Waals surface area contributed by atoms with E-state index in [0.717, 1.165) is 25.2 Å². The van der Waals surface area contributed by atoms with Crippen LogP contribution in [0.5, 0.6) is 0 Å². The molecule has 10 heteroatoms. The monoisotopic (exact) mass is 399 g/mol. The number of piperidine rings is 1. The van der Waals surface area contributed by atoms with Crippen molar-refractivity contribution in [3.63, 3.8) is 0 Å². The molecule has 1 fully saturated rings. The van der Waals surface area contributed by atoms with Gasteiger partial charge in [0.15, 0.2) is 11.0 Å². The van der Waals surface area contributed by atoms with Gasteiger partial charge in [0.25, 0.3) is 5.89 Å². The van der Waals surface area contributed by atoms with E-state index >= 15 is 0 Å². The van der Waals surface area contributed by atoms with Crippen molar-refractivity contribution in [3.8, 4) is 11.5 Å². The fourth-order valence-electron chi connectivity index (χ4n) is 3.23. The summed E-state index contributed by atoms with van der Waals surface area (Å²) in [5.41, 5.74) is 0.693. The molecule has 1 atom stereocenters. The molecule has 3 aromatic rings. The molecule has 0 saturated carbocycles. The number of hydrogen-bond donors (Lipinski definition) is 1. The number of carbonyl (C=O) groups excluding carboxylic acids is 1. The topological polar surface area (TPSA) is 110 Å². The van der Waals surface area contributed by atoms with Gasteiger partial charge in [-0.3, -0.25) is 4.79 Å². The van der Waals surface area contributed by atoms with Crippen LogP contribution in [0.3, 0.4) is 0 Å². The van der Waals surface area contributed by atoms with Gasteiger partial charge in [-0.1, -0.05) is 12.1 Å². The van der Waals surface area contributed by atoms with Crippen LogP contribution in [0.2, 0.25) is 0 Å². The lowest BCUT2D eigenvalue weighted by molar-refractivity contribution is -0.120. The number of nitrogens with zero attached hydrogens (tertiary/aromatic N) is 6. The summed E-state index contributed by atoms with van der Waals surface area (Å²) in [6, 6.07) is 0. The highest BCUT2D eigenvalue weighted by Gasteiger charge is 2.29. The highest BCUT2D eigenvalue weighted by molar-refractivity contribution is 7.13. The molecule has 1 unspecified atom stereocenters. The van der Waals surface area contributed by atoms with Crippen molar-refractivity contribution in [2.75, 3.05) is 23.3 Å². The lowest BCUT2D eigenvalue weighted by atomic mass is 9.97. The Kier molecular flexibility index (Phi) is 5.29. The molecule has 1 N–H and O–H groups in total. The Morgan fingerprint density at radius 1 is 1.39 bits per heavy atom. The number of nitrogens with one attached hydrogen (secondary N) is 1. The first-order valence-electron chi connectivity index (χ1n) is 9.26. The summed E-state index contributed by atoms with van der Waals surface area (Å²) in [6.45, 7) is 5.18. The largest absolute Gasteiger partial charge is 0.355 e. The smallest absolute Gasteiger partial charge is 0.263 e. The third-order valence-corrected chi connectivity index (χ3v) is 5.35. The van der Waals surface area contributed by atoms with E-state index in [1.54, 1.807) is 12.4 Å². The molecular formula is C18H21N7O2S. The van der Waals surface area contributed by atoms with Crippen molar-refractivity contribution in [2.24, 2.45) is 5.92 Å².